The quantitative estimate of drug-likeness (QED) is 0.829. The van der Waals surface area contributed by atoms with Crippen LogP contribution in [0.25, 0.3) is 0 Å². The van der Waals surface area contributed by atoms with Crippen molar-refractivity contribution >= 4 is 11.3 Å². The summed E-state index contributed by atoms with van der Waals surface area (Å²) < 4.78 is 5.14. The van der Waals surface area contributed by atoms with Crippen molar-refractivity contribution in [2.24, 2.45) is 0 Å². The van der Waals surface area contributed by atoms with Gasteiger partial charge in [0, 0.05) is 18.0 Å². The number of aryl methyl sites for hydroxylation is 1. The van der Waals surface area contributed by atoms with Crippen LogP contribution in [0.1, 0.15) is 29.2 Å². The van der Waals surface area contributed by atoms with E-state index in [1.165, 1.54) is 10.4 Å². The van der Waals surface area contributed by atoms with Crippen molar-refractivity contribution in [2.45, 2.75) is 26.0 Å². The average molecular weight is 251 g/mol. The molecule has 2 aromatic heterocycles. The predicted molar refractivity (Wildman–Crippen MR) is 69.1 cm³/mol. The molecule has 4 heteroatoms. The number of hydrogen-bond donors (Lipinski definition) is 2. The molecule has 2 heterocycles. The van der Waals surface area contributed by atoms with Crippen LogP contribution in [-0.4, -0.2) is 11.7 Å². The number of thiophene rings is 1. The molecule has 0 fully saturated rings. The van der Waals surface area contributed by atoms with Gasteiger partial charge in [-0.25, -0.2) is 0 Å². The lowest BCUT2D eigenvalue weighted by Gasteiger charge is -2.09. The number of aliphatic hydroxyl groups is 1. The van der Waals surface area contributed by atoms with Crippen LogP contribution in [0.2, 0.25) is 0 Å². The van der Waals surface area contributed by atoms with E-state index in [0.29, 0.717) is 12.3 Å². The number of nitrogens with one attached hydrogen (secondary N) is 1. The Morgan fingerprint density at radius 3 is 3.06 bits per heavy atom. The Morgan fingerprint density at radius 1 is 1.47 bits per heavy atom. The van der Waals surface area contributed by atoms with Crippen LogP contribution in [0.4, 0.5) is 0 Å². The molecule has 0 aliphatic heterocycles. The van der Waals surface area contributed by atoms with Gasteiger partial charge in [0.15, 0.2) is 0 Å². The van der Waals surface area contributed by atoms with E-state index in [9.17, 15) is 5.11 Å². The Labute approximate surface area is 105 Å². The van der Waals surface area contributed by atoms with Gasteiger partial charge in [-0.3, -0.25) is 0 Å². The van der Waals surface area contributed by atoms with Crippen molar-refractivity contribution in [1.82, 2.24) is 5.32 Å². The summed E-state index contributed by atoms with van der Waals surface area (Å²) in [5.74, 6) is 0.611. The van der Waals surface area contributed by atoms with Gasteiger partial charge < -0.3 is 14.8 Å². The van der Waals surface area contributed by atoms with Crippen LogP contribution in [-0.2, 0) is 13.0 Å². The van der Waals surface area contributed by atoms with Crippen molar-refractivity contribution in [3.05, 3.63) is 46.0 Å². The second kappa shape index (κ2) is 6.00. The highest BCUT2D eigenvalue weighted by Gasteiger charge is 2.10. The van der Waals surface area contributed by atoms with Gasteiger partial charge in [0.2, 0.25) is 0 Å². The Hall–Kier alpha value is -1.10. The van der Waals surface area contributed by atoms with E-state index in [1.54, 1.807) is 29.7 Å². The lowest BCUT2D eigenvalue weighted by molar-refractivity contribution is 0.147. The minimum atomic E-state index is -0.574. The van der Waals surface area contributed by atoms with Crippen molar-refractivity contribution in [1.29, 1.82) is 0 Å². The van der Waals surface area contributed by atoms with Crippen LogP contribution in [0, 0.1) is 0 Å². The van der Waals surface area contributed by atoms with Gasteiger partial charge in [-0.15, -0.1) is 11.3 Å². The third-order valence-corrected chi connectivity index (χ3v) is 3.68. The lowest BCUT2D eigenvalue weighted by atomic mass is 10.2. The largest absolute Gasteiger partial charge is 0.467 e. The van der Waals surface area contributed by atoms with Gasteiger partial charge in [-0.2, -0.15) is 0 Å². The highest BCUT2D eigenvalue weighted by molar-refractivity contribution is 7.10. The molecule has 1 atom stereocenters. The molecule has 2 N–H and O–H groups in total. The van der Waals surface area contributed by atoms with E-state index in [4.69, 9.17) is 4.42 Å². The molecule has 0 saturated carbocycles. The van der Waals surface area contributed by atoms with Crippen molar-refractivity contribution < 1.29 is 9.52 Å². The standard InChI is InChI=1S/C13H17NO2S/c1-2-10-5-7-17-13(10)9-14-8-11(15)12-4-3-6-16-12/h3-7,11,14-15H,2,8-9H2,1H3. The summed E-state index contributed by atoms with van der Waals surface area (Å²) in [6.45, 7) is 3.47. The van der Waals surface area contributed by atoms with E-state index >= 15 is 0 Å². The highest BCUT2D eigenvalue weighted by Crippen LogP contribution is 2.17. The van der Waals surface area contributed by atoms with Crippen LogP contribution in [0.3, 0.4) is 0 Å². The van der Waals surface area contributed by atoms with Crippen molar-refractivity contribution in [3.8, 4) is 0 Å². The van der Waals surface area contributed by atoms with Crippen LogP contribution >= 0.6 is 11.3 Å². The first-order valence-corrected chi connectivity index (χ1v) is 6.66. The van der Waals surface area contributed by atoms with E-state index in [1.807, 2.05) is 0 Å². The second-order valence-corrected chi connectivity index (χ2v) is 4.89. The third kappa shape index (κ3) is 3.19. The van der Waals surface area contributed by atoms with Gasteiger partial charge in [0.05, 0.1) is 6.26 Å². The summed E-state index contributed by atoms with van der Waals surface area (Å²) >= 11 is 1.76. The van der Waals surface area contributed by atoms with E-state index in [0.717, 1.165) is 13.0 Å². The van der Waals surface area contributed by atoms with Gasteiger partial charge in [-0.05, 0) is 35.6 Å². The zero-order valence-corrected chi connectivity index (χ0v) is 10.7. The fraction of sp³-hybridized carbons (Fsp3) is 0.385. The monoisotopic (exact) mass is 251 g/mol. The summed E-state index contributed by atoms with van der Waals surface area (Å²) in [4.78, 5) is 1.35. The van der Waals surface area contributed by atoms with E-state index in [2.05, 4.69) is 23.7 Å². The summed E-state index contributed by atoms with van der Waals surface area (Å²) in [7, 11) is 0. The van der Waals surface area contributed by atoms with E-state index in [-0.39, 0.29) is 0 Å². The summed E-state index contributed by atoms with van der Waals surface area (Å²) in [6, 6.07) is 5.73. The van der Waals surface area contributed by atoms with Crippen molar-refractivity contribution in [2.75, 3.05) is 6.54 Å². The minimum Gasteiger partial charge on any atom is -0.467 e. The first kappa shape index (κ1) is 12.4. The molecule has 0 aromatic carbocycles. The molecule has 0 amide bonds. The maximum atomic E-state index is 9.81. The molecule has 0 radical (unpaired) electrons. The van der Waals surface area contributed by atoms with Crippen LogP contribution < -0.4 is 5.32 Å². The minimum absolute atomic E-state index is 0.508. The predicted octanol–water partition coefficient (Wildman–Crippen LogP) is 2.73. The molecule has 0 spiro atoms. The maximum absolute atomic E-state index is 9.81. The number of aliphatic hydroxyl groups excluding tert-OH is 1. The fourth-order valence-corrected chi connectivity index (χ4v) is 2.69. The third-order valence-electron chi connectivity index (χ3n) is 2.71. The smallest absolute Gasteiger partial charge is 0.133 e. The summed E-state index contributed by atoms with van der Waals surface area (Å²) in [5.41, 5.74) is 1.38. The van der Waals surface area contributed by atoms with E-state index < -0.39 is 6.10 Å². The molecule has 92 valence electrons. The SMILES string of the molecule is CCc1ccsc1CNCC(O)c1ccco1. The summed E-state index contributed by atoms with van der Waals surface area (Å²) in [6.07, 6.45) is 2.06. The Balaban J connectivity index is 1.80. The average Bonchev–Trinajstić information content (AvgIpc) is 2.99. The molecular formula is C13H17NO2S. The molecule has 0 saturated heterocycles. The molecule has 0 bridgehead atoms. The van der Waals surface area contributed by atoms with Gasteiger partial charge >= 0.3 is 0 Å². The number of furan rings is 1. The fourth-order valence-electron chi connectivity index (χ4n) is 1.74. The normalized spacial score (nSPS) is 12.8. The number of rotatable bonds is 6. The highest BCUT2D eigenvalue weighted by atomic mass is 32.1. The molecule has 0 aliphatic rings. The molecule has 1 unspecified atom stereocenters. The Kier molecular flexibility index (Phi) is 4.36. The van der Waals surface area contributed by atoms with Gasteiger partial charge in [0.25, 0.3) is 0 Å². The second-order valence-electron chi connectivity index (χ2n) is 3.88. The zero-order chi connectivity index (χ0) is 12.1. The topological polar surface area (TPSA) is 45.4 Å². The molecule has 2 rings (SSSR count). The molecule has 17 heavy (non-hydrogen) atoms. The van der Waals surface area contributed by atoms with Crippen LogP contribution in [0.5, 0.6) is 0 Å². The Morgan fingerprint density at radius 2 is 2.35 bits per heavy atom. The Bertz CT molecular complexity index is 436. The van der Waals surface area contributed by atoms with Crippen molar-refractivity contribution in [3.63, 3.8) is 0 Å². The molecule has 0 aliphatic carbocycles. The van der Waals surface area contributed by atoms with Gasteiger partial charge in [0.1, 0.15) is 11.9 Å². The van der Waals surface area contributed by atoms with Gasteiger partial charge in [-0.1, -0.05) is 6.92 Å². The molecule has 3 nitrogen and oxygen atoms in total. The number of hydrogen-bond acceptors (Lipinski definition) is 4. The first-order chi connectivity index (χ1) is 8.31. The lowest BCUT2D eigenvalue weighted by Crippen LogP contribution is -2.20. The van der Waals surface area contributed by atoms with Crippen LogP contribution in [0.15, 0.2) is 34.3 Å². The maximum Gasteiger partial charge on any atom is 0.133 e. The zero-order valence-electron chi connectivity index (χ0n) is 9.85. The first-order valence-electron chi connectivity index (χ1n) is 5.78. The summed E-state index contributed by atoms with van der Waals surface area (Å²) in [5, 5.41) is 15.2. The molecular weight excluding hydrogens is 234 g/mol. The molecule has 2 aromatic rings.